The number of ether oxygens (including phenoxy) is 2. The summed E-state index contributed by atoms with van der Waals surface area (Å²) in [6, 6.07) is 6.36. The molecule has 0 saturated carbocycles. The summed E-state index contributed by atoms with van der Waals surface area (Å²) in [4.78, 5) is 17.6. The molecule has 3 aliphatic heterocycles. The Morgan fingerprint density at radius 1 is 1.04 bits per heavy atom. The summed E-state index contributed by atoms with van der Waals surface area (Å²) in [6.07, 6.45) is 7.05. The second kappa shape index (κ2) is 9.40. The van der Waals surface area contributed by atoms with Crippen molar-refractivity contribution in [1.82, 2.24) is 9.80 Å². The van der Waals surface area contributed by atoms with Crippen molar-refractivity contribution < 1.29 is 14.3 Å². The van der Waals surface area contributed by atoms with Crippen LogP contribution in [0.25, 0.3) is 0 Å². The number of hydrogen-bond donors (Lipinski definition) is 0. The highest BCUT2D eigenvalue weighted by atomic mass is 32.2. The summed E-state index contributed by atoms with van der Waals surface area (Å²) >= 11 is 2.08. The molecule has 4 rings (SSSR count). The number of piperidine rings is 1. The third-order valence-corrected chi connectivity index (χ3v) is 7.34. The van der Waals surface area contributed by atoms with Crippen molar-refractivity contribution >= 4 is 17.7 Å². The van der Waals surface area contributed by atoms with Gasteiger partial charge in [0, 0.05) is 38.3 Å². The smallest absolute Gasteiger partial charge is 0.257 e. The van der Waals surface area contributed by atoms with Crippen LogP contribution in [0.2, 0.25) is 0 Å². The molecule has 0 aliphatic carbocycles. The minimum Gasteiger partial charge on any atom is -0.497 e. The summed E-state index contributed by atoms with van der Waals surface area (Å²) in [5, 5.41) is 0. The Kier molecular flexibility index (Phi) is 6.68. The van der Waals surface area contributed by atoms with E-state index in [0.717, 1.165) is 63.7 Å². The Morgan fingerprint density at radius 3 is 2.43 bits per heavy atom. The van der Waals surface area contributed by atoms with E-state index in [9.17, 15) is 4.79 Å². The van der Waals surface area contributed by atoms with Crippen LogP contribution >= 0.6 is 11.8 Å². The molecule has 3 saturated heterocycles. The highest BCUT2D eigenvalue weighted by Crippen LogP contribution is 2.31. The first-order valence-corrected chi connectivity index (χ1v) is 11.9. The Morgan fingerprint density at radius 2 is 1.75 bits per heavy atom. The monoisotopic (exact) mass is 404 g/mol. The number of thioether (sulfide) groups is 1. The number of carbonyl (C=O) groups is 1. The third kappa shape index (κ3) is 4.60. The molecule has 3 fully saturated rings. The van der Waals surface area contributed by atoms with Gasteiger partial charge in [-0.15, -0.1) is 0 Å². The maximum absolute atomic E-state index is 13.0. The fourth-order valence-corrected chi connectivity index (χ4v) is 5.66. The van der Waals surface area contributed by atoms with Crippen molar-refractivity contribution in [2.24, 2.45) is 0 Å². The molecule has 5 nitrogen and oxygen atoms in total. The molecule has 1 aromatic carbocycles. The standard InChI is InChI=1S/C22H32N2O3S/c1-26-19-4-5-20(22(25)24-10-2-3-11-24)21(16-19)27-18-6-12-23(13-7-18)17-8-14-28-15-9-17/h4-5,16-18H,2-3,6-15H2,1H3. The van der Waals surface area contributed by atoms with E-state index >= 15 is 0 Å². The number of benzene rings is 1. The highest BCUT2D eigenvalue weighted by Gasteiger charge is 2.29. The summed E-state index contributed by atoms with van der Waals surface area (Å²) in [7, 11) is 1.65. The second-order valence-corrected chi connectivity index (χ2v) is 9.28. The molecule has 28 heavy (non-hydrogen) atoms. The van der Waals surface area contributed by atoms with E-state index in [1.165, 1.54) is 24.3 Å². The molecule has 1 aromatic rings. The SMILES string of the molecule is COc1ccc(C(=O)N2CCCC2)c(OC2CCN(C3CCSCC3)CC2)c1. The fraction of sp³-hybridized carbons (Fsp3) is 0.682. The minimum atomic E-state index is 0.0901. The van der Waals surface area contributed by atoms with Crippen LogP contribution in [0, 0.1) is 0 Å². The third-order valence-electron chi connectivity index (χ3n) is 6.29. The molecule has 0 atom stereocenters. The number of methoxy groups -OCH3 is 1. The average molecular weight is 405 g/mol. The zero-order valence-electron chi connectivity index (χ0n) is 16.9. The number of hydrogen-bond acceptors (Lipinski definition) is 5. The van der Waals surface area contributed by atoms with Crippen molar-refractivity contribution in [3.8, 4) is 11.5 Å². The number of amides is 1. The molecular formula is C22H32N2O3S. The fourth-order valence-electron chi connectivity index (χ4n) is 4.58. The van der Waals surface area contributed by atoms with E-state index in [4.69, 9.17) is 9.47 Å². The van der Waals surface area contributed by atoms with Gasteiger partial charge in [0.05, 0.1) is 12.7 Å². The Hall–Kier alpha value is -1.40. The molecular weight excluding hydrogens is 372 g/mol. The molecule has 6 heteroatoms. The predicted molar refractivity (Wildman–Crippen MR) is 114 cm³/mol. The van der Waals surface area contributed by atoms with Crippen LogP contribution in [0.15, 0.2) is 18.2 Å². The van der Waals surface area contributed by atoms with Crippen LogP contribution in [-0.4, -0.2) is 72.6 Å². The van der Waals surface area contributed by atoms with E-state index in [0.29, 0.717) is 11.3 Å². The topological polar surface area (TPSA) is 42.0 Å². The molecule has 0 bridgehead atoms. The lowest BCUT2D eigenvalue weighted by molar-refractivity contribution is 0.0685. The summed E-state index contributed by atoms with van der Waals surface area (Å²) in [6.45, 7) is 3.89. The second-order valence-electron chi connectivity index (χ2n) is 8.06. The van der Waals surface area contributed by atoms with Crippen LogP contribution in [0.4, 0.5) is 0 Å². The molecule has 3 heterocycles. The van der Waals surface area contributed by atoms with Crippen molar-refractivity contribution in [2.75, 3.05) is 44.8 Å². The maximum atomic E-state index is 13.0. The molecule has 1 amide bonds. The van der Waals surface area contributed by atoms with Gasteiger partial charge >= 0.3 is 0 Å². The molecule has 0 N–H and O–H groups in total. The van der Waals surface area contributed by atoms with Crippen molar-refractivity contribution in [3.05, 3.63) is 23.8 Å². The summed E-state index contributed by atoms with van der Waals surface area (Å²) < 4.78 is 11.8. The van der Waals surface area contributed by atoms with Gasteiger partial charge in [-0.1, -0.05) is 0 Å². The molecule has 0 unspecified atom stereocenters. The van der Waals surface area contributed by atoms with Gasteiger partial charge < -0.3 is 19.3 Å². The number of likely N-dealkylation sites (tertiary alicyclic amines) is 2. The van der Waals surface area contributed by atoms with E-state index in [1.807, 2.05) is 23.1 Å². The van der Waals surface area contributed by atoms with E-state index in [2.05, 4.69) is 16.7 Å². The first-order valence-electron chi connectivity index (χ1n) is 10.7. The lowest BCUT2D eigenvalue weighted by Gasteiger charge is -2.39. The normalized spacial score (nSPS) is 22.4. The van der Waals surface area contributed by atoms with Gasteiger partial charge in [0.2, 0.25) is 0 Å². The molecule has 0 radical (unpaired) electrons. The average Bonchev–Trinajstić information content (AvgIpc) is 3.29. The molecule has 154 valence electrons. The Labute approximate surface area is 172 Å². The van der Waals surface area contributed by atoms with Crippen LogP contribution < -0.4 is 9.47 Å². The van der Waals surface area contributed by atoms with Crippen LogP contribution in [0.1, 0.15) is 48.9 Å². The van der Waals surface area contributed by atoms with E-state index in [-0.39, 0.29) is 12.0 Å². The summed E-state index contributed by atoms with van der Waals surface area (Å²) in [5.74, 6) is 4.11. The number of carbonyl (C=O) groups excluding carboxylic acids is 1. The van der Waals surface area contributed by atoms with Gasteiger partial charge in [-0.2, -0.15) is 11.8 Å². The minimum absolute atomic E-state index is 0.0901. The van der Waals surface area contributed by atoms with Gasteiger partial charge in [-0.05, 0) is 62.2 Å². The largest absolute Gasteiger partial charge is 0.497 e. The zero-order chi connectivity index (χ0) is 19.3. The highest BCUT2D eigenvalue weighted by molar-refractivity contribution is 7.99. The van der Waals surface area contributed by atoms with Crippen molar-refractivity contribution in [2.45, 2.75) is 50.7 Å². The van der Waals surface area contributed by atoms with Gasteiger partial charge in [0.15, 0.2) is 0 Å². The van der Waals surface area contributed by atoms with Gasteiger partial charge in [-0.25, -0.2) is 0 Å². The first kappa shape index (κ1) is 19.9. The van der Waals surface area contributed by atoms with Crippen LogP contribution in [0.5, 0.6) is 11.5 Å². The molecule has 3 aliphatic rings. The van der Waals surface area contributed by atoms with E-state index in [1.54, 1.807) is 7.11 Å². The quantitative estimate of drug-likeness (QED) is 0.749. The van der Waals surface area contributed by atoms with Gasteiger partial charge in [0.1, 0.15) is 17.6 Å². The Balaban J connectivity index is 1.41. The Bertz CT molecular complexity index is 664. The van der Waals surface area contributed by atoms with Crippen LogP contribution in [0.3, 0.4) is 0 Å². The first-order chi connectivity index (χ1) is 13.7. The van der Waals surface area contributed by atoms with Gasteiger partial charge in [-0.3, -0.25) is 4.79 Å². The van der Waals surface area contributed by atoms with Crippen molar-refractivity contribution in [1.29, 1.82) is 0 Å². The van der Waals surface area contributed by atoms with Gasteiger partial charge in [0.25, 0.3) is 5.91 Å². The summed E-state index contributed by atoms with van der Waals surface area (Å²) in [5.41, 5.74) is 0.675. The zero-order valence-corrected chi connectivity index (χ0v) is 17.7. The maximum Gasteiger partial charge on any atom is 0.257 e. The van der Waals surface area contributed by atoms with Crippen molar-refractivity contribution in [3.63, 3.8) is 0 Å². The molecule has 0 spiro atoms. The predicted octanol–water partition coefficient (Wildman–Crippen LogP) is 3.67. The lowest BCUT2D eigenvalue weighted by atomic mass is 10.0. The lowest BCUT2D eigenvalue weighted by Crippen LogP contribution is -2.45. The number of rotatable bonds is 5. The number of nitrogens with zero attached hydrogens (tertiary/aromatic N) is 2. The van der Waals surface area contributed by atoms with Crippen LogP contribution in [-0.2, 0) is 0 Å². The van der Waals surface area contributed by atoms with E-state index < -0.39 is 0 Å². The molecule has 0 aromatic heterocycles.